The van der Waals surface area contributed by atoms with E-state index >= 15 is 0 Å². The average Bonchev–Trinajstić information content (AvgIpc) is 3.09. The molecule has 0 bridgehead atoms. The Bertz CT molecular complexity index is 1960. The van der Waals surface area contributed by atoms with Gasteiger partial charge in [0, 0.05) is 17.2 Å². The molecule has 0 aliphatic carbocycles. The Labute approximate surface area is 281 Å². The lowest BCUT2D eigenvalue weighted by Crippen LogP contribution is -1.92. The fourth-order valence-electron chi connectivity index (χ4n) is 4.47. The van der Waals surface area contributed by atoms with Crippen LogP contribution in [0, 0.1) is 13.8 Å². The van der Waals surface area contributed by atoms with Crippen LogP contribution in [0.1, 0.15) is 45.7 Å². The number of carbonyl (C=O) groups excluding carboxylic acids is 2. The Balaban J connectivity index is 0.000000188. The number of benzene rings is 6. The molecule has 6 heteroatoms. The Hall–Kier alpha value is -6.14. The first-order valence-electron chi connectivity index (χ1n) is 15.5. The smallest absolute Gasteiger partial charge is 0.159 e. The van der Waals surface area contributed by atoms with Crippen molar-refractivity contribution in [3.63, 3.8) is 0 Å². The van der Waals surface area contributed by atoms with Gasteiger partial charge >= 0.3 is 0 Å². The van der Waals surface area contributed by atoms with Gasteiger partial charge in [0.05, 0.1) is 0 Å². The summed E-state index contributed by atoms with van der Waals surface area (Å²) in [5.41, 5.74) is 3.68. The maximum Gasteiger partial charge on any atom is 0.159 e. The van der Waals surface area contributed by atoms with Gasteiger partial charge in [-0.05, 0) is 125 Å². The molecular formula is C42H36O6. The quantitative estimate of drug-likeness (QED) is 0.139. The molecule has 6 nitrogen and oxygen atoms in total. The molecule has 0 amide bonds. The first kappa shape index (κ1) is 33.2. The van der Waals surface area contributed by atoms with Gasteiger partial charge in [0.25, 0.3) is 0 Å². The van der Waals surface area contributed by atoms with Crippen LogP contribution in [0.15, 0.2) is 146 Å². The third-order valence-corrected chi connectivity index (χ3v) is 7.12. The normalized spacial score (nSPS) is 10.2. The molecule has 0 heterocycles. The summed E-state index contributed by atoms with van der Waals surface area (Å²) in [4.78, 5) is 22.7. The second-order valence-corrected chi connectivity index (χ2v) is 11.1. The minimum atomic E-state index is 0.0160. The van der Waals surface area contributed by atoms with Crippen LogP contribution in [-0.4, -0.2) is 11.6 Å². The van der Waals surface area contributed by atoms with E-state index in [1.165, 1.54) is 18.1 Å². The number of carbonyl (C=O) groups is 2. The molecule has 0 aromatic heterocycles. The summed E-state index contributed by atoms with van der Waals surface area (Å²) in [5.74, 6) is 5.74. The van der Waals surface area contributed by atoms with E-state index in [0.717, 1.165) is 17.2 Å². The van der Waals surface area contributed by atoms with Gasteiger partial charge in [-0.2, -0.15) is 0 Å². The molecule has 0 unspecified atom stereocenters. The van der Waals surface area contributed by atoms with Crippen LogP contribution >= 0.6 is 0 Å². The first-order valence-corrected chi connectivity index (χ1v) is 15.5. The van der Waals surface area contributed by atoms with Crippen LogP contribution in [0.3, 0.4) is 0 Å². The first-order chi connectivity index (χ1) is 23.2. The lowest BCUT2D eigenvalue weighted by molar-refractivity contribution is 0.100. The van der Waals surface area contributed by atoms with Gasteiger partial charge in [0.15, 0.2) is 11.6 Å². The van der Waals surface area contributed by atoms with E-state index in [9.17, 15) is 9.59 Å². The van der Waals surface area contributed by atoms with E-state index in [2.05, 4.69) is 0 Å². The van der Waals surface area contributed by atoms with E-state index in [1.54, 1.807) is 49.4 Å². The van der Waals surface area contributed by atoms with E-state index < -0.39 is 0 Å². The molecule has 0 atom stereocenters. The number of hydrogen-bond acceptors (Lipinski definition) is 6. The van der Waals surface area contributed by atoms with Gasteiger partial charge in [-0.25, -0.2) is 0 Å². The van der Waals surface area contributed by atoms with Gasteiger partial charge in [-0.3, -0.25) is 9.59 Å². The van der Waals surface area contributed by atoms with Gasteiger partial charge < -0.3 is 18.9 Å². The summed E-state index contributed by atoms with van der Waals surface area (Å²) in [5, 5.41) is 0. The van der Waals surface area contributed by atoms with Crippen molar-refractivity contribution in [2.45, 2.75) is 27.7 Å². The largest absolute Gasteiger partial charge is 0.457 e. The lowest BCUT2D eigenvalue weighted by atomic mass is 10.1. The minimum absolute atomic E-state index is 0.0160. The second-order valence-electron chi connectivity index (χ2n) is 11.1. The maximum absolute atomic E-state index is 11.4. The topological polar surface area (TPSA) is 71.1 Å². The molecule has 0 aliphatic rings. The van der Waals surface area contributed by atoms with E-state index in [4.69, 9.17) is 18.9 Å². The van der Waals surface area contributed by atoms with Crippen molar-refractivity contribution in [2.24, 2.45) is 0 Å². The van der Waals surface area contributed by atoms with Crippen molar-refractivity contribution in [1.29, 1.82) is 0 Å². The highest BCUT2D eigenvalue weighted by atomic mass is 16.5. The van der Waals surface area contributed by atoms with Crippen molar-refractivity contribution in [2.75, 3.05) is 0 Å². The molecule has 0 fully saturated rings. The van der Waals surface area contributed by atoms with Gasteiger partial charge in [0.1, 0.15) is 46.0 Å². The number of hydrogen-bond donors (Lipinski definition) is 0. The van der Waals surface area contributed by atoms with Gasteiger partial charge in [-0.15, -0.1) is 0 Å². The molecule has 0 saturated carbocycles. The van der Waals surface area contributed by atoms with Crippen molar-refractivity contribution >= 4 is 11.6 Å². The fourth-order valence-corrected chi connectivity index (χ4v) is 4.47. The predicted molar refractivity (Wildman–Crippen MR) is 188 cm³/mol. The fraction of sp³-hybridized carbons (Fsp3) is 0.0952. The average molecular weight is 637 g/mol. The van der Waals surface area contributed by atoms with E-state index in [0.29, 0.717) is 39.9 Å². The number of aryl methyl sites for hydroxylation is 2. The third kappa shape index (κ3) is 9.93. The van der Waals surface area contributed by atoms with E-state index in [-0.39, 0.29) is 11.6 Å². The zero-order valence-corrected chi connectivity index (χ0v) is 27.3. The highest BCUT2D eigenvalue weighted by Gasteiger charge is 2.05. The number of ketones is 2. The van der Waals surface area contributed by atoms with Crippen molar-refractivity contribution in [3.8, 4) is 46.0 Å². The maximum atomic E-state index is 11.4. The highest BCUT2D eigenvalue weighted by Crippen LogP contribution is 2.29. The van der Waals surface area contributed by atoms with Crippen LogP contribution in [0.25, 0.3) is 0 Å². The number of Topliss-reactive ketones (excluding diaryl/α,β-unsaturated/α-hetero) is 2. The van der Waals surface area contributed by atoms with Crippen LogP contribution in [0.2, 0.25) is 0 Å². The molecule has 0 N–H and O–H groups in total. The SMILES string of the molecule is CC(=O)c1ccc(Oc2cccc(Oc3ccc(C)cc3)c2)cc1.CC(=O)c1cccc(Oc2ccc(Oc3ccc(C)cc3)cc2)c1. The van der Waals surface area contributed by atoms with Crippen LogP contribution in [0.5, 0.6) is 46.0 Å². The number of rotatable bonds is 10. The second kappa shape index (κ2) is 15.9. The molecule has 0 aliphatic heterocycles. The Kier molecular flexibility index (Phi) is 11.0. The zero-order valence-electron chi connectivity index (χ0n) is 27.3. The molecule has 6 aromatic rings. The zero-order chi connectivity index (χ0) is 33.9. The summed E-state index contributed by atoms with van der Waals surface area (Å²) in [6.45, 7) is 7.16. The highest BCUT2D eigenvalue weighted by molar-refractivity contribution is 5.94. The molecular weight excluding hydrogens is 600 g/mol. The summed E-state index contributed by atoms with van der Waals surface area (Å²) >= 11 is 0. The van der Waals surface area contributed by atoms with Crippen LogP contribution < -0.4 is 18.9 Å². The molecule has 240 valence electrons. The summed E-state index contributed by atoms with van der Waals surface area (Å²) in [6, 6.07) is 44.8. The number of ether oxygens (including phenoxy) is 4. The van der Waals surface area contributed by atoms with Crippen molar-refractivity contribution in [3.05, 3.63) is 168 Å². The summed E-state index contributed by atoms with van der Waals surface area (Å²) in [7, 11) is 0. The van der Waals surface area contributed by atoms with Crippen LogP contribution in [0.4, 0.5) is 0 Å². The Morgan fingerprint density at radius 3 is 1.06 bits per heavy atom. The monoisotopic (exact) mass is 636 g/mol. The van der Waals surface area contributed by atoms with Crippen molar-refractivity contribution < 1.29 is 28.5 Å². The molecule has 0 radical (unpaired) electrons. The van der Waals surface area contributed by atoms with Crippen molar-refractivity contribution in [1.82, 2.24) is 0 Å². The summed E-state index contributed by atoms with van der Waals surface area (Å²) in [6.07, 6.45) is 0. The molecule has 6 aromatic carbocycles. The molecule has 0 saturated heterocycles. The Morgan fingerprint density at radius 2 is 0.667 bits per heavy atom. The third-order valence-electron chi connectivity index (χ3n) is 7.12. The molecule has 0 spiro atoms. The molecule has 48 heavy (non-hydrogen) atoms. The lowest BCUT2D eigenvalue weighted by Gasteiger charge is -2.09. The summed E-state index contributed by atoms with van der Waals surface area (Å²) < 4.78 is 23.2. The minimum Gasteiger partial charge on any atom is -0.457 e. The Morgan fingerprint density at radius 1 is 0.354 bits per heavy atom. The van der Waals surface area contributed by atoms with Crippen LogP contribution in [-0.2, 0) is 0 Å². The van der Waals surface area contributed by atoms with Gasteiger partial charge in [0.2, 0.25) is 0 Å². The van der Waals surface area contributed by atoms with E-state index in [1.807, 2.05) is 117 Å². The molecule has 6 rings (SSSR count). The predicted octanol–water partition coefficient (Wildman–Crippen LogP) is 11.6. The van der Waals surface area contributed by atoms with Gasteiger partial charge in [-0.1, -0.05) is 53.6 Å². The standard InChI is InChI=1S/2C21H18O3/c1-15-6-10-18(11-7-15)23-20-4-3-5-21(14-20)24-19-12-8-17(9-13-19)16(2)22;1-15-6-8-18(9-7-15)23-19-10-12-20(13-11-19)24-21-5-3-4-17(14-21)16(2)22/h2*3-14H,1-2H3.